The first-order valence-corrected chi connectivity index (χ1v) is 11.7. The number of anilines is 1. The highest BCUT2D eigenvalue weighted by Crippen LogP contribution is 2.20. The second-order valence-electron chi connectivity index (χ2n) is 8.77. The number of nitrogens with zero attached hydrogens (tertiary/aromatic N) is 1. The molecule has 0 saturated carbocycles. The number of benzene rings is 3. The van der Waals surface area contributed by atoms with Gasteiger partial charge in [0.1, 0.15) is 11.9 Å². The SMILES string of the molecule is Cc1cc(N[C@H](CCCCN(Cc2ccccc2)Cc2ccccc2)C(=O)NO)cc(C)c1F. The second kappa shape index (κ2) is 12.9. The standard InChI is InChI=1S/C28H34FN3O2/c1-21-17-25(18-22(2)27(21)29)30-26(28(33)31-34)15-9-10-16-32(19-23-11-5-3-6-12-23)20-24-13-7-4-8-14-24/h3-8,11-14,17-18,26,30,34H,9-10,15-16,19-20H2,1-2H3,(H,31,33)/t26-/m1/s1. The second-order valence-corrected chi connectivity index (χ2v) is 8.77. The molecule has 0 heterocycles. The van der Waals surface area contributed by atoms with Crippen LogP contribution in [-0.4, -0.2) is 28.6 Å². The van der Waals surface area contributed by atoms with Crippen molar-refractivity contribution in [3.05, 3.63) is 101 Å². The smallest absolute Gasteiger partial charge is 0.265 e. The third kappa shape index (κ3) is 7.68. The van der Waals surface area contributed by atoms with E-state index in [9.17, 15) is 14.4 Å². The van der Waals surface area contributed by atoms with Gasteiger partial charge in [-0.2, -0.15) is 0 Å². The lowest BCUT2D eigenvalue weighted by Gasteiger charge is -2.23. The summed E-state index contributed by atoms with van der Waals surface area (Å²) >= 11 is 0. The van der Waals surface area contributed by atoms with Crippen molar-refractivity contribution in [2.75, 3.05) is 11.9 Å². The predicted molar refractivity (Wildman–Crippen MR) is 134 cm³/mol. The summed E-state index contributed by atoms with van der Waals surface area (Å²) in [5, 5.41) is 12.4. The Balaban J connectivity index is 1.59. The largest absolute Gasteiger partial charge is 0.374 e. The number of amides is 1. The number of halogens is 1. The number of aryl methyl sites for hydroxylation is 2. The minimum absolute atomic E-state index is 0.245. The van der Waals surface area contributed by atoms with Gasteiger partial charge in [0.15, 0.2) is 0 Å². The molecule has 180 valence electrons. The van der Waals surface area contributed by atoms with E-state index in [1.165, 1.54) is 11.1 Å². The topological polar surface area (TPSA) is 64.6 Å². The van der Waals surface area contributed by atoms with Gasteiger partial charge in [0, 0.05) is 18.8 Å². The van der Waals surface area contributed by atoms with E-state index >= 15 is 0 Å². The highest BCUT2D eigenvalue weighted by atomic mass is 19.1. The van der Waals surface area contributed by atoms with Crippen LogP contribution in [0.5, 0.6) is 0 Å². The Kier molecular flexibility index (Phi) is 9.62. The number of hydrogen-bond acceptors (Lipinski definition) is 4. The van der Waals surface area contributed by atoms with Crippen LogP contribution in [0, 0.1) is 19.7 Å². The van der Waals surface area contributed by atoms with Crippen molar-refractivity contribution in [3.8, 4) is 0 Å². The highest BCUT2D eigenvalue weighted by molar-refractivity contribution is 5.83. The average Bonchev–Trinajstić information content (AvgIpc) is 2.85. The normalized spacial score (nSPS) is 11.9. The van der Waals surface area contributed by atoms with Crippen LogP contribution < -0.4 is 10.8 Å². The molecule has 34 heavy (non-hydrogen) atoms. The Morgan fingerprint density at radius 1 is 0.912 bits per heavy atom. The van der Waals surface area contributed by atoms with Gasteiger partial charge in [0.2, 0.25) is 0 Å². The van der Waals surface area contributed by atoms with Crippen LogP contribution in [0.15, 0.2) is 72.8 Å². The Bertz CT molecular complexity index is 980. The molecule has 1 atom stereocenters. The Labute approximate surface area is 201 Å². The fourth-order valence-corrected chi connectivity index (χ4v) is 4.16. The van der Waals surface area contributed by atoms with Gasteiger partial charge in [-0.05, 0) is 74.0 Å². The van der Waals surface area contributed by atoms with Crippen LogP contribution in [0.2, 0.25) is 0 Å². The molecule has 3 aromatic rings. The lowest BCUT2D eigenvalue weighted by molar-refractivity contribution is -0.130. The zero-order chi connectivity index (χ0) is 24.3. The van der Waals surface area contributed by atoms with E-state index in [4.69, 9.17) is 0 Å². The van der Waals surface area contributed by atoms with Gasteiger partial charge in [-0.15, -0.1) is 0 Å². The molecule has 3 rings (SSSR count). The lowest BCUT2D eigenvalue weighted by atomic mass is 10.1. The molecule has 0 bridgehead atoms. The van der Waals surface area contributed by atoms with Crippen molar-refractivity contribution in [2.45, 2.75) is 52.2 Å². The molecule has 0 aliphatic rings. The van der Waals surface area contributed by atoms with Crippen LogP contribution >= 0.6 is 0 Å². The maximum absolute atomic E-state index is 14.0. The minimum atomic E-state index is -0.606. The van der Waals surface area contributed by atoms with E-state index in [1.54, 1.807) is 31.5 Å². The Morgan fingerprint density at radius 3 is 1.94 bits per heavy atom. The van der Waals surface area contributed by atoms with E-state index in [-0.39, 0.29) is 5.82 Å². The monoisotopic (exact) mass is 463 g/mol. The number of carbonyl (C=O) groups is 1. The third-order valence-electron chi connectivity index (χ3n) is 5.92. The maximum Gasteiger partial charge on any atom is 0.265 e. The van der Waals surface area contributed by atoms with Crippen molar-refractivity contribution in [1.29, 1.82) is 0 Å². The molecular formula is C28H34FN3O2. The first kappa shape index (κ1) is 25.4. The average molecular weight is 464 g/mol. The van der Waals surface area contributed by atoms with Crippen LogP contribution in [0.4, 0.5) is 10.1 Å². The predicted octanol–water partition coefficient (Wildman–Crippen LogP) is 5.60. The van der Waals surface area contributed by atoms with Crippen molar-refractivity contribution in [3.63, 3.8) is 0 Å². The molecule has 0 aromatic heterocycles. The third-order valence-corrected chi connectivity index (χ3v) is 5.92. The quantitative estimate of drug-likeness (QED) is 0.186. The van der Waals surface area contributed by atoms with Gasteiger partial charge in [0.25, 0.3) is 5.91 Å². The minimum Gasteiger partial charge on any atom is -0.374 e. The van der Waals surface area contributed by atoms with Gasteiger partial charge in [0.05, 0.1) is 0 Å². The zero-order valence-electron chi connectivity index (χ0n) is 19.9. The number of nitrogens with one attached hydrogen (secondary N) is 2. The molecule has 6 heteroatoms. The highest BCUT2D eigenvalue weighted by Gasteiger charge is 2.19. The van der Waals surface area contributed by atoms with Crippen molar-refractivity contribution >= 4 is 11.6 Å². The molecule has 1 amide bonds. The fraction of sp³-hybridized carbons (Fsp3) is 0.321. The van der Waals surface area contributed by atoms with Gasteiger partial charge < -0.3 is 5.32 Å². The molecule has 3 N–H and O–H groups in total. The summed E-state index contributed by atoms with van der Waals surface area (Å²) in [5.41, 5.74) is 5.98. The Hall–Kier alpha value is -3.22. The molecule has 0 spiro atoms. The molecule has 0 fully saturated rings. The summed E-state index contributed by atoms with van der Waals surface area (Å²) in [5.74, 6) is -0.740. The maximum atomic E-state index is 14.0. The molecule has 0 radical (unpaired) electrons. The zero-order valence-corrected chi connectivity index (χ0v) is 19.9. The molecule has 5 nitrogen and oxygen atoms in total. The lowest BCUT2D eigenvalue weighted by Crippen LogP contribution is -2.38. The first-order valence-electron chi connectivity index (χ1n) is 11.7. The molecular weight excluding hydrogens is 429 g/mol. The van der Waals surface area contributed by atoms with E-state index in [2.05, 4.69) is 58.7 Å². The van der Waals surface area contributed by atoms with Crippen LogP contribution in [0.25, 0.3) is 0 Å². The molecule has 0 saturated heterocycles. The first-order chi connectivity index (χ1) is 16.5. The van der Waals surface area contributed by atoms with E-state index < -0.39 is 11.9 Å². The molecule has 0 aliphatic heterocycles. The van der Waals surface area contributed by atoms with Crippen molar-refractivity contribution in [2.24, 2.45) is 0 Å². The van der Waals surface area contributed by atoms with Crippen molar-refractivity contribution < 1.29 is 14.4 Å². The van der Waals surface area contributed by atoms with Gasteiger partial charge in [-0.25, -0.2) is 9.87 Å². The van der Waals surface area contributed by atoms with Crippen molar-refractivity contribution in [1.82, 2.24) is 10.4 Å². The van der Waals surface area contributed by atoms with Gasteiger partial charge in [-0.1, -0.05) is 60.7 Å². The summed E-state index contributed by atoms with van der Waals surface area (Å²) in [6.07, 6.45) is 2.24. The van der Waals surface area contributed by atoms with Gasteiger partial charge >= 0.3 is 0 Å². The number of unbranched alkanes of at least 4 members (excludes halogenated alkanes) is 1. The molecule has 3 aromatic carbocycles. The summed E-state index contributed by atoms with van der Waals surface area (Å²) in [6.45, 7) is 5.97. The van der Waals surface area contributed by atoms with Gasteiger partial charge in [-0.3, -0.25) is 14.9 Å². The van der Waals surface area contributed by atoms with E-state index in [1.807, 2.05) is 12.1 Å². The summed E-state index contributed by atoms with van der Waals surface area (Å²) < 4.78 is 14.0. The number of hydrogen-bond donors (Lipinski definition) is 3. The van der Waals surface area contributed by atoms with Crippen LogP contribution in [-0.2, 0) is 17.9 Å². The number of rotatable bonds is 12. The van der Waals surface area contributed by atoms with Crippen LogP contribution in [0.1, 0.15) is 41.5 Å². The number of carbonyl (C=O) groups excluding carboxylic acids is 1. The molecule has 0 unspecified atom stereocenters. The number of hydroxylamine groups is 1. The fourth-order valence-electron chi connectivity index (χ4n) is 4.16. The van der Waals surface area contributed by atoms with E-state index in [0.29, 0.717) is 23.2 Å². The van der Waals surface area contributed by atoms with E-state index in [0.717, 1.165) is 32.5 Å². The molecule has 0 aliphatic carbocycles. The summed E-state index contributed by atoms with van der Waals surface area (Å²) in [4.78, 5) is 14.7. The summed E-state index contributed by atoms with van der Waals surface area (Å²) in [7, 11) is 0. The van der Waals surface area contributed by atoms with Crippen LogP contribution in [0.3, 0.4) is 0 Å². The summed E-state index contributed by atoms with van der Waals surface area (Å²) in [6, 6.07) is 23.6. The Morgan fingerprint density at radius 2 is 1.44 bits per heavy atom.